The van der Waals surface area contributed by atoms with E-state index in [0.29, 0.717) is 6.04 Å². The van der Waals surface area contributed by atoms with E-state index in [9.17, 15) is 0 Å². The Morgan fingerprint density at radius 3 is 2.74 bits per heavy atom. The number of guanidine groups is 1. The van der Waals surface area contributed by atoms with Gasteiger partial charge >= 0.3 is 0 Å². The molecule has 3 nitrogen and oxygen atoms in total. The van der Waals surface area contributed by atoms with Gasteiger partial charge in [0.1, 0.15) is 0 Å². The van der Waals surface area contributed by atoms with Crippen LogP contribution in [0.15, 0.2) is 29.3 Å². The van der Waals surface area contributed by atoms with Crippen LogP contribution in [0.5, 0.6) is 0 Å². The third kappa shape index (κ3) is 2.75. The molecule has 1 heterocycles. The van der Waals surface area contributed by atoms with E-state index in [1.54, 1.807) is 0 Å². The summed E-state index contributed by atoms with van der Waals surface area (Å²) >= 11 is 0. The molecule has 0 radical (unpaired) electrons. The van der Waals surface area contributed by atoms with Crippen molar-refractivity contribution < 1.29 is 0 Å². The van der Waals surface area contributed by atoms with Crippen LogP contribution in [0, 0.1) is 0 Å². The fourth-order valence-corrected chi connectivity index (χ4v) is 3.24. The number of para-hydroxylation sites is 1. The van der Waals surface area contributed by atoms with Crippen LogP contribution in [0.4, 0.5) is 5.69 Å². The summed E-state index contributed by atoms with van der Waals surface area (Å²) in [6, 6.07) is 9.01. The van der Waals surface area contributed by atoms with Crippen LogP contribution in [0.3, 0.4) is 0 Å². The van der Waals surface area contributed by atoms with Gasteiger partial charge in [0.25, 0.3) is 0 Å². The molecule has 1 aliphatic heterocycles. The monoisotopic (exact) mass is 257 g/mol. The van der Waals surface area contributed by atoms with Gasteiger partial charge in [-0.1, -0.05) is 37.5 Å². The van der Waals surface area contributed by atoms with Crippen LogP contribution in [-0.4, -0.2) is 18.5 Å². The Balaban J connectivity index is 1.80. The Morgan fingerprint density at radius 1 is 1.11 bits per heavy atom. The average molecular weight is 257 g/mol. The molecule has 0 unspecified atom stereocenters. The molecule has 0 spiro atoms. The normalized spacial score (nSPS) is 21.3. The van der Waals surface area contributed by atoms with Crippen molar-refractivity contribution in [2.75, 3.05) is 11.4 Å². The minimum absolute atomic E-state index is 0.447. The van der Waals surface area contributed by atoms with Crippen LogP contribution in [-0.2, 0) is 6.42 Å². The molecule has 1 aliphatic carbocycles. The molecule has 3 heteroatoms. The van der Waals surface area contributed by atoms with Gasteiger partial charge in [-0.15, -0.1) is 0 Å². The Bertz CT molecular complexity index is 461. The van der Waals surface area contributed by atoms with Gasteiger partial charge in [-0.3, -0.25) is 0 Å². The number of rotatable bonds is 1. The van der Waals surface area contributed by atoms with Gasteiger partial charge in [-0.05, 0) is 37.3 Å². The Morgan fingerprint density at radius 2 is 1.89 bits per heavy atom. The van der Waals surface area contributed by atoms with E-state index in [1.165, 1.54) is 43.4 Å². The van der Waals surface area contributed by atoms with Crippen molar-refractivity contribution in [2.24, 2.45) is 10.7 Å². The molecule has 1 saturated carbocycles. The predicted molar refractivity (Wildman–Crippen MR) is 80.6 cm³/mol. The predicted octanol–water partition coefficient (Wildman–Crippen LogP) is 3.09. The number of nitrogens with zero attached hydrogens (tertiary/aromatic N) is 2. The van der Waals surface area contributed by atoms with Crippen molar-refractivity contribution in [3.63, 3.8) is 0 Å². The van der Waals surface area contributed by atoms with Gasteiger partial charge in [0.05, 0.1) is 6.04 Å². The van der Waals surface area contributed by atoms with Crippen LogP contribution in [0.25, 0.3) is 0 Å². The maximum atomic E-state index is 6.27. The second-order valence-electron chi connectivity index (χ2n) is 5.66. The van der Waals surface area contributed by atoms with E-state index in [1.807, 2.05) is 0 Å². The highest BCUT2D eigenvalue weighted by Crippen LogP contribution is 2.27. The lowest BCUT2D eigenvalue weighted by molar-refractivity contribution is 0.442. The van der Waals surface area contributed by atoms with Gasteiger partial charge in [0.15, 0.2) is 5.96 Å². The first-order valence-corrected chi connectivity index (χ1v) is 7.53. The number of aryl methyl sites for hydroxylation is 1. The SMILES string of the molecule is NC(=NC1CCCCC1)N1CCCc2ccccc21. The van der Waals surface area contributed by atoms with Gasteiger partial charge < -0.3 is 10.6 Å². The highest BCUT2D eigenvalue weighted by molar-refractivity contribution is 5.96. The van der Waals surface area contributed by atoms with E-state index in [2.05, 4.69) is 29.2 Å². The minimum atomic E-state index is 0.447. The van der Waals surface area contributed by atoms with Crippen molar-refractivity contribution in [3.05, 3.63) is 29.8 Å². The van der Waals surface area contributed by atoms with E-state index in [-0.39, 0.29) is 0 Å². The molecule has 0 atom stereocenters. The maximum Gasteiger partial charge on any atom is 0.196 e. The first-order chi connectivity index (χ1) is 9.34. The largest absolute Gasteiger partial charge is 0.370 e. The summed E-state index contributed by atoms with van der Waals surface area (Å²) in [6.07, 6.45) is 8.70. The summed E-state index contributed by atoms with van der Waals surface area (Å²) in [5.41, 5.74) is 8.92. The van der Waals surface area contributed by atoms with E-state index in [0.717, 1.165) is 25.3 Å². The number of hydrogen-bond acceptors (Lipinski definition) is 1. The molecule has 1 aromatic carbocycles. The number of anilines is 1. The molecular weight excluding hydrogens is 234 g/mol. The zero-order chi connectivity index (χ0) is 13.1. The molecule has 0 aromatic heterocycles. The zero-order valence-corrected chi connectivity index (χ0v) is 11.5. The van der Waals surface area contributed by atoms with Gasteiger partial charge in [0, 0.05) is 12.2 Å². The molecule has 1 fully saturated rings. The number of aliphatic imine (C=N–C) groups is 1. The molecule has 0 amide bonds. The Hall–Kier alpha value is -1.51. The third-order valence-electron chi connectivity index (χ3n) is 4.28. The molecule has 0 bridgehead atoms. The topological polar surface area (TPSA) is 41.6 Å². The summed E-state index contributed by atoms with van der Waals surface area (Å²) in [5, 5.41) is 0. The molecular formula is C16H23N3. The van der Waals surface area contributed by atoms with Gasteiger partial charge in [-0.2, -0.15) is 0 Å². The summed E-state index contributed by atoms with van der Waals surface area (Å²) in [6.45, 7) is 0.999. The Labute approximate surface area is 115 Å². The lowest BCUT2D eigenvalue weighted by Crippen LogP contribution is -2.41. The number of hydrogen-bond donors (Lipinski definition) is 1. The maximum absolute atomic E-state index is 6.27. The van der Waals surface area contributed by atoms with E-state index < -0.39 is 0 Å². The Kier molecular flexibility index (Phi) is 3.72. The fraction of sp³-hybridized carbons (Fsp3) is 0.562. The third-order valence-corrected chi connectivity index (χ3v) is 4.28. The van der Waals surface area contributed by atoms with Crippen molar-refractivity contribution >= 4 is 11.6 Å². The van der Waals surface area contributed by atoms with Crippen LogP contribution in [0.1, 0.15) is 44.1 Å². The number of nitrogens with two attached hydrogens (primary N) is 1. The molecule has 19 heavy (non-hydrogen) atoms. The molecule has 2 aliphatic rings. The standard InChI is InChI=1S/C16H23N3/c17-16(18-14-9-2-1-3-10-14)19-12-6-8-13-7-4-5-11-15(13)19/h4-5,7,11,14H,1-3,6,8-10,12H2,(H2,17,18). The highest BCUT2D eigenvalue weighted by Gasteiger charge is 2.20. The summed E-state index contributed by atoms with van der Waals surface area (Å²) in [4.78, 5) is 6.98. The van der Waals surface area contributed by atoms with Crippen LogP contribution >= 0.6 is 0 Å². The number of benzene rings is 1. The molecule has 102 valence electrons. The van der Waals surface area contributed by atoms with Gasteiger partial charge in [0.2, 0.25) is 0 Å². The first kappa shape index (κ1) is 12.5. The fourth-order valence-electron chi connectivity index (χ4n) is 3.24. The second-order valence-corrected chi connectivity index (χ2v) is 5.66. The van der Waals surface area contributed by atoms with Crippen LogP contribution in [0.2, 0.25) is 0 Å². The number of fused-ring (bicyclic) bond motifs is 1. The molecule has 2 N–H and O–H groups in total. The molecule has 1 aromatic rings. The van der Waals surface area contributed by atoms with E-state index >= 15 is 0 Å². The lowest BCUT2D eigenvalue weighted by Gasteiger charge is -2.31. The second kappa shape index (κ2) is 5.64. The van der Waals surface area contributed by atoms with Crippen molar-refractivity contribution in [2.45, 2.75) is 51.0 Å². The highest BCUT2D eigenvalue weighted by atomic mass is 15.3. The molecule has 0 saturated heterocycles. The van der Waals surface area contributed by atoms with E-state index in [4.69, 9.17) is 10.7 Å². The summed E-state index contributed by atoms with van der Waals surface area (Å²) < 4.78 is 0. The smallest absolute Gasteiger partial charge is 0.196 e. The van der Waals surface area contributed by atoms with Gasteiger partial charge in [-0.25, -0.2) is 4.99 Å². The quantitative estimate of drug-likeness (QED) is 0.620. The lowest BCUT2D eigenvalue weighted by atomic mass is 9.96. The molecule has 3 rings (SSSR count). The van der Waals surface area contributed by atoms with Crippen molar-refractivity contribution in [3.8, 4) is 0 Å². The summed E-state index contributed by atoms with van der Waals surface area (Å²) in [7, 11) is 0. The first-order valence-electron chi connectivity index (χ1n) is 7.53. The summed E-state index contributed by atoms with van der Waals surface area (Å²) in [5.74, 6) is 0.721. The zero-order valence-electron chi connectivity index (χ0n) is 11.5. The van der Waals surface area contributed by atoms with Crippen molar-refractivity contribution in [1.29, 1.82) is 0 Å². The van der Waals surface area contributed by atoms with Crippen molar-refractivity contribution in [1.82, 2.24) is 0 Å². The minimum Gasteiger partial charge on any atom is -0.370 e. The average Bonchev–Trinajstić information content (AvgIpc) is 2.47. The van der Waals surface area contributed by atoms with Crippen LogP contribution < -0.4 is 10.6 Å².